The molecule has 0 saturated heterocycles. The lowest BCUT2D eigenvalue weighted by molar-refractivity contribution is 0.487. The number of nitrogens with zero attached hydrogens (tertiary/aromatic N) is 2. The largest absolute Gasteiger partial charge is 0.456 e. The Bertz CT molecular complexity index is 1380. The van der Waals surface area contributed by atoms with E-state index in [0.29, 0.717) is 22.0 Å². The van der Waals surface area contributed by atoms with Gasteiger partial charge in [-0.1, -0.05) is 48.0 Å². The first-order chi connectivity index (χ1) is 15.2. The lowest BCUT2D eigenvalue weighted by Crippen LogP contribution is -2.11. The van der Waals surface area contributed by atoms with E-state index < -0.39 is 0 Å². The molecule has 5 nitrogen and oxygen atoms in total. The monoisotopic (exact) mass is 427 g/mol. The molecule has 1 atom stereocenters. The first kappa shape index (κ1) is 19.2. The summed E-state index contributed by atoms with van der Waals surface area (Å²) >= 11 is 6.11. The van der Waals surface area contributed by atoms with E-state index in [4.69, 9.17) is 16.3 Å². The van der Waals surface area contributed by atoms with Crippen molar-refractivity contribution >= 4 is 22.5 Å². The minimum absolute atomic E-state index is 0.110. The molecule has 0 aliphatic rings. The summed E-state index contributed by atoms with van der Waals surface area (Å²) in [6.45, 7) is 0. The zero-order valence-electron chi connectivity index (χ0n) is 16.4. The van der Waals surface area contributed by atoms with Gasteiger partial charge in [-0.15, -0.1) is 0 Å². The number of H-pyrrole nitrogens is 1. The van der Waals surface area contributed by atoms with E-state index in [-0.39, 0.29) is 11.6 Å². The summed E-state index contributed by atoms with van der Waals surface area (Å²) in [5.74, 6) is 1.18. The molecule has 0 radical (unpaired) electrons. The summed E-state index contributed by atoms with van der Waals surface area (Å²) in [7, 11) is 0. The number of aromatic nitrogens is 3. The van der Waals surface area contributed by atoms with Gasteiger partial charge in [0.15, 0.2) is 0 Å². The van der Waals surface area contributed by atoms with E-state index in [2.05, 4.69) is 9.97 Å². The number of ether oxygens (including phenoxy) is 1. The Kier molecular flexibility index (Phi) is 5.02. The van der Waals surface area contributed by atoms with Gasteiger partial charge in [0.2, 0.25) is 0 Å². The predicted molar refractivity (Wildman–Crippen MR) is 122 cm³/mol. The lowest BCUT2D eigenvalue weighted by atomic mass is 9.97. The fourth-order valence-corrected chi connectivity index (χ4v) is 3.84. The average Bonchev–Trinajstić information content (AvgIpc) is 3.30. The standard InChI is InChI=1S/C25H18ClN3O2/c26-19-9-6-17(7-10-19)25(29-13-12-27-16-29)18-8-11-22-21(14-18)23(15-24(30)28-22)31-20-4-2-1-3-5-20/h1-16,25H,(H,28,30). The number of benzene rings is 3. The number of hydrogen-bond donors (Lipinski definition) is 1. The van der Waals surface area contributed by atoms with Crippen molar-refractivity contribution in [2.75, 3.05) is 0 Å². The van der Waals surface area contributed by atoms with Gasteiger partial charge in [0, 0.05) is 28.9 Å². The molecule has 0 aliphatic heterocycles. The van der Waals surface area contributed by atoms with Crippen LogP contribution in [0.4, 0.5) is 0 Å². The molecule has 0 bridgehead atoms. The highest BCUT2D eigenvalue weighted by atomic mass is 35.5. The maximum absolute atomic E-state index is 12.2. The van der Waals surface area contributed by atoms with E-state index in [0.717, 1.165) is 16.5 Å². The molecule has 0 amide bonds. The highest BCUT2D eigenvalue weighted by molar-refractivity contribution is 6.30. The third-order valence-electron chi connectivity index (χ3n) is 5.12. The lowest BCUT2D eigenvalue weighted by Gasteiger charge is -2.21. The van der Waals surface area contributed by atoms with Crippen LogP contribution < -0.4 is 10.3 Å². The number of hydrogen-bond acceptors (Lipinski definition) is 3. The molecule has 6 heteroatoms. The molecule has 0 spiro atoms. The summed E-state index contributed by atoms with van der Waals surface area (Å²) in [5.41, 5.74) is 2.59. The summed E-state index contributed by atoms with van der Waals surface area (Å²) < 4.78 is 8.10. The number of rotatable bonds is 5. The summed E-state index contributed by atoms with van der Waals surface area (Å²) in [4.78, 5) is 19.3. The van der Waals surface area contributed by atoms with Crippen molar-refractivity contribution in [3.8, 4) is 11.5 Å². The first-order valence-corrected chi connectivity index (χ1v) is 10.2. The van der Waals surface area contributed by atoms with E-state index in [9.17, 15) is 4.79 Å². The molecule has 1 N–H and O–H groups in total. The van der Waals surface area contributed by atoms with Crippen LogP contribution in [-0.2, 0) is 0 Å². The number of pyridine rings is 1. The van der Waals surface area contributed by atoms with Gasteiger partial charge < -0.3 is 14.3 Å². The minimum Gasteiger partial charge on any atom is -0.456 e. The normalized spacial score (nSPS) is 12.0. The van der Waals surface area contributed by atoms with E-state index >= 15 is 0 Å². The number of nitrogens with one attached hydrogen (secondary N) is 1. The van der Waals surface area contributed by atoms with Gasteiger partial charge in [-0.05, 0) is 47.5 Å². The average molecular weight is 428 g/mol. The number of fused-ring (bicyclic) bond motifs is 1. The second-order valence-corrected chi connectivity index (χ2v) is 7.62. The van der Waals surface area contributed by atoms with Crippen LogP contribution in [0.5, 0.6) is 11.5 Å². The Hall–Kier alpha value is -3.83. The highest BCUT2D eigenvalue weighted by Gasteiger charge is 2.18. The van der Waals surface area contributed by atoms with Crippen LogP contribution in [0.2, 0.25) is 5.02 Å². The maximum atomic E-state index is 12.2. The fraction of sp³-hybridized carbons (Fsp3) is 0.0400. The quantitative estimate of drug-likeness (QED) is 0.385. The molecular formula is C25H18ClN3O2. The van der Waals surface area contributed by atoms with Gasteiger partial charge in [-0.3, -0.25) is 4.79 Å². The van der Waals surface area contributed by atoms with Crippen LogP contribution in [0.1, 0.15) is 17.2 Å². The van der Waals surface area contributed by atoms with Gasteiger partial charge in [-0.25, -0.2) is 4.98 Å². The van der Waals surface area contributed by atoms with Crippen molar-refractivity contribution in [3.63, 3.8) is 0 Å². The van der Waals surface area contributed by atoms with Gasteiger partial charge in [0.1, 0.15) is 11.5 Å². The summed E-state index contributed by atoms with van der Waals surface area (Å²) in [6.07, 6.45) is 5.47. The molecule has 5 aromatic rings. The van der Waals surface area contributed by atoms with Gasteiger partial charge in [-0.2, -0.15) is 0 Å². The molecular weight excluding hydrogens is 410 g/mol. The Morgan fingerprint density at radius 2 is 1.71 bits per heavy atom. The molecule has 0 saturated carbocycles. The topological polar surface area (TPSA) is 59.9 Å². The van der Waals surface area contributed by atoms with Crippen LogP contribution >= 0.6 is 11.6 Å². The Labute approximate surface area is 183 Å². The molecule has 0 fully saturated rings. The maximum Gasteiger partial charge on any atom is 0.252 e. The number of halogens is 1. The van der Waals surface area contributed by atoms with Crippen molar-refractivity contribution in [2.45, 2.75) is 6.04 Å². The third kappa shape index (κ3) is 3.96. The Morgan fingerprint density at radius 3 is 2.45 bits per heavy atom. The zero-order chi connectivity index (χ0) is 21.2. The summed E-state index contributed by atoms with van der Waals surface area (Å²) in [6, 6.07) is 24.5. The van der Waals surface area contributed by atoms with Crippen molar-refractivity contribution < 1.29 is 4.74 Å². The second-order valence-electron chi connectivity index (χ2n) is 7.18. The van der Waals surface area contributed by atoms with Gasteiger partial charge in [0.05, 0.1) is 17.9 Å². The molecule has 152 valence electrons. The van der Waals surface area contributed by atoms with Crippen LogP contribution in [0.25, 0.3) is 10.9 Å². The molecule has 1 unspecified atom stereocenters. The smallest absolute Gasteiger partial charge is 0.252 e. The predicted octanol–water partition coefficient (Wildman–Crippen LogP) is 5.81. The van der Waals surface area contributed by atoms with Crippen LogP contribution in [0, 0.1) is 0 Å². The Balaban J connectivity index is 1.66. The molecule has 31 heavy (non-hydrogen) atoms. The van der Waals surface area contributed by atoms with E-state index in [1.54, 1.807) is 12.5 Å². The van der Waals surface area contributed by atoms with Crippen molar-refractivity contribution in [1.29, 1.82) is 0 Å². The van der Waals surface area contributed by atoms with E-state index in [1.165, 1.54) is 6.07 Å². The van der Waals surface area contributed by atoms with E-state index in [1.807, 2.05) is 83.6 Å². The SMILES string of the molecule is O=c1cc(Oc2ccccc2)c2cc(C(c3ccc(Cl)cc3)n3ccnc3)ccc2[nH]1. The first-order valence-electron chi connectivity index (χ1n) is 9.80. The molecule has 2 heterocycles. The van der Waals surface area contributed by atoms with Gasteiger partial charge >= 0.3 is 0 Å². The van der Waals surface area contributed by atoms with Crippen molar-refractivity contribution in [1.82, 2.24) is 14.5 Å². The third-order valence-corrected chi connectivity index (χ3v) is 5.38. The number of para-hydroxylation sites is 1. The Morgan fingerprint density at radius 1 is 0.935 bits per heavy atom. The molecule has 0 aliphatic carbocycles. The highest BCUT2D eigenvalue weighted by Crippen LogP contribution is 2.33. The van der Waals surface area contributed by atoms with Crippen molar-refractivity contribution in [2.24, 2.45) is 0 Å². The van der Waals surface area contributed by atoms with Crippen LogP contribution in [0.3, 0.4) is 0 Å². The van der Waals surface area contributed by atoms with Crippen molar-refractivity contribution in [3.05, 3.63) is 124 Å². The fourth-order valence-electron chi connectivity index (χ4n) is 3.71. The summed E-state index contributed by atoms with van der Waals surface area (Å²) in [5, 5.41) is 1.50. The number of imidazole rings is 1. The van der Waals surface area contributed by atoms with Gasteiger partial charge in [0.25, 0.3) is 5.56 Å². The zero-order valence-corrected chi connectivity index (χ0v) is 17.2. The second kappa shape index (κ2) is 8.13. The van der Waals surface area contributed by atoms with Crippen LogP contribution in [-0.4, -0.2) is 14.5 Å². The molecule has 5 rings (SSSR count). The number of aromatic amines is 1. The molecule has 3 aromatic carbocycles. The molecule has 2 aromatic heterocycles. The minimum atomic E-state index is -0.213. The van der Waals surface area contributed by atoms with Crippen LogP contribution in [0.15, 0.2) is 102 Å².